The average molecular weight is 1070 g/mol. The van der Waals surface area contributed by atoms with Crippen LogP contribution in [0, 0.1) is 50.2 Å². The molecule has 4 heterocycles. The summed E-state index contributed by atoms with van der Waals surface area (Å²) in [5.41, 5.74) is -5.81. The quantitative estimate of drug-likeness (QED) is 0.0514. The van der Waals surface area contributed by atoms with Crippen LogP contribution in [0.15, 0.2) is 12.2 Å². The molecular weight excluding hydrogens is 993 g/mol. The lowest BCUT2D eigenvalue weighted by Crippen LogP contribution is -2.73. The second-order valence-corrected chi connectivity index (χ2v) is 24.9. The fourth-order valence-corrected chi connectivity index (χ4v) is 16.7. The molecule has 0 aromatic rings. The van der Waals surface area contributed by atoms with Gasteiger partial charge in [-0.25, -0.2) is 4.18 Å². The highest BCUT2D eigenvalue weighted by molar-refractivity contribution is 7.80. The van der Waals surface area contributed by atoms with E-state index in [0.717, 1.165) is 0 Å². The monoisotopic (exact) mass is 1070 g/mol. The van der Waals surface area contributed by atoms with E-state index in [1.165, 1.54) is 6.92 Å². The number of hydrogen-bond donors (Lipinski definition) is 13. The smallest absolute Gasteiger partial charge is 0.397 e. The zero-order chi connectivity index (χ0) is 53.4. The number of rotatable bonds is 13. The van der Waals surface area contributed by atoms with Crippen molar-refractivity contribution < 1.29 is 116 Å². The van der Waals surface area contributed by atoms with Gasteiger partial charge in [0.2, 0.25) is 0 Å². The minimum Gasteiger partial charge on any atom is -0.481 e. The van der Waals surface area contributed by atoms with Gasteiger partial charge in [0.15, 0.2) is 18.9 Å². The van der Waals surface area contributed by atoms with E-state index in [2.05, 4.69) is 37.1 Å². The van der Waals surface area contributed by atoms with Gasteiger partial charge in [-0.2, -0.15) is 8.42 Å². The molecule has 25 heteroatoms. The van der Waals surface area contributed by atoms with Crippen LogP contribution >= 0.6 is 0 Å². The maximum atomic E-state index is 12.8. The first-order chi connectivity index (χ1) is 34.1. The highest BCUT2D eigenvalue weighted by Gasteiger charge is 2.80. The number of carbonyl (C=O) groups is 1. The third-order valence-electron chi connectivity index (χ3n) is 20.6. The van der Waals surface area contributed by atoms with Crippen LogP contribution in [-0.4, -0.2) is 223 Å². The fraction of sp³-hybridized carbons (Fsp3) is 0.938. The maximum Gasteiger partial charge on any atom is 0.397 e. The molecule has 0 amide bonds. The highest BCUT2D eigenvalue weighted by Crippen LogP contribution is 2.79. The number of carboxylic acids is 1. The zero-order valence-corrected chi connectivity index (χ0v) is 42.4. The Balaban J connectivity index is 1.03. The number of aliphatic carboxylic acids is 1. The van der Waals surface area contributed by atoms with Gasteiger partial charge >= 0.3 is 16.4 Å². The first-order valence-corrected chi connectivity index (χ1v) is 26.8. The Morgan fingerprint density at radius 2 is 1.33 bits per heavy atom. The second-order valence-electron chi connectivity index (χ2n) is 23.8. The number of carboxylic acid groups (broad SMARTS) is 1. The van der Waals surface area contributed by atoms with Crippen LogP contribution in [0.2, 0.25) is 0 Å². The lowest BCUT2D eigenvalue weighted by atomic mass is 9.32. The van der Waals surface area contributed by atoms with Crippen LogP contribution < -0.4 is 0 Å². The fourth-order valence-electron chi connectivity index (χ4n) is 16.1. The van der Waals surface area contributed by atoms with Crippen molar-refractivity contribution in [2.24, 2.45) is 50.2 Å². The van der Waals surface area contributed by atoms with Crippen molar-refractivity contribution in [3.05, 3.63) is 12.2 Å². The molecule has 4 aliphatic heterocycles. The Kier molecular flexibility index (Phi) is 14.8. The predicted octanol–water partition coefficient (Wildman–Crippen LogP) is -2.53. The molecule has 4 saturated carbocycles. The summed E-state index contributed by atoms with van der Waals surface area (Å²) in [5, 5.41) is 132. The van der Waals surface area contributed by atoms with Gasteiger partial charge in [0.25, 0.3) is 0 Å². The number of ether oxygens (including phenoxy) is 7. The standard InChI is InChI=1S/C48H76O24S/c1-21-29(54)36(70-39-34(59)32(57)35(23(17-50)68-39)72-73(62,63)64)37(71-38-33(58)31(56)30(55)22(16-49)67-38)40(66-21)69-28-8-9-42(2)24(43(28,3)18-51)6-10-44(4)25(42)7-11-48-26-14-46(19-52,41(60)61)12-13-47(26,20-65-48)27(53)15-45(44,48)5/h7,11,21-40,49-59H,6,8-10,12-20H2,1-5H3,(H,60,61)(H,62,63,64)/t21-,22-,23-,24+,25+,26+,27-,28+,29-,30-,31+,32-,33-,34-,35-,36+,37-,38+,39+,40+,42-,43+,44+,45-,46+,47+,48-/m0/s1. The van der Waals surface area contributed by atoms with E-state index >= 15 is 0 Å². The van der Waals surface area contributed by atoms with Crippen LogP contribution in [0.25, 0.3) is 0 Å². The van der Waals surface area contributed by atoms with Crippen molar-refractivity contribution in [3.8, 4) is 0 Å². The van der Waals surface area contributed by atoms with Crippen molar-refractivity contribution in [1.82, 2.24) is 0 Å². The number of fused-ring (bicyclic) bond motifs is 4. The molecule has 0 aromatic carbocycles. The summed E-state index contributed by atoms with van der Waals surface area (Å²) < 4.78 is 81.0. The van der Waals surface area contributed by atoms with Crippen LogP contribution in [0.1, 0.15) is 86.0 Å². The molecule has 13 N–H and O–H groups in total. The molecule has 73 heavy (non-hydrogen) atoms. The first kappa shape index (κ1) is 56.1. The number of allylic oxidation sites excluding steroid dienone is 1. The topological polar surface area (TPSA) is 388 Å². The third kappa shape index (κ3) is 8.27. The molecule has 4 saturated heterocycles. The largest absolute Gasteiger partial charge is 0.481 e. The van der Waals surface area contributed by atoms with Crippen molar-refractivity contribution in [2.45, 2.75) is 196 Å². The maximum absolute atomic E-state index is 12.8. The van der Waals surface area contributed by atoms with Gasteiger partial charge in [-0.1, -0.05) is 39.8 Å². The second kappa shape index (κ2) is 19.3. The lowest BCUT2D eigenvalue weighted by molar-refractivity contribution is -0.397. The molecule has 0 unspecified atom stereocenters. The minimum atomic E-state index is -5.25. The van der Waals surface area contributed by atoms with Gasteiger partial charge < -0.3 is 94.4 Å². The van der Waals surface area contributed by atoms with Crippen molar-refractivity contribution in [3.63, 3.8) is 0 Å². The van der Waals surface area contributed by atoms with Crippen LogP contribution in [0.4, 0.5) is 0 Å². The molecule has 8 fully saturated rings. The Morgan fingerprint density at radius 3 is 1.95 bits per heavy atom. The van der Waals surface area contributed by atoms with Crippen LogP contribution in [-0.2, 0) is 52.5 Å². The molecule has 27 atom stereocenters. The summed E-state index contributed by atoms with van der Waals surface area (Å²) in [4.78, 5) is 12.8. The van der Waals surface area contributed by atoms with Crippen LogP contribution in [0.5, 0.6) is 0 Å². The molecule has 24 nitrogen and oxygen atoms in total. The summed E-state index contributed by atoms with van der Waals surface area (Å²) in [6.07, 6.45) is -21.4. The van der Waals surface area contributed by atoms with E-state index < -0.39 is 185 Å². The molecule has 9 aliphatic rings. The Labute approximate surface area is 423 Å². The molecular formula is C48H76O24S. The van der Waals surface area contributed by atoms with Crippen LogP contribution in [0.3, 0.4) is 0 Å². The Morgan fingerprint density at radius 1 is 0.685 bits per heavy atom. The minimum absolute atomic E-state index is 0.149. The van der Waals surface area contributed by atoms with E-state index in [-0.39, 0.29) is 37.2 Å². The lowest BCUT2D eigenvalue weighted by Gasteiger charge is -2.73. The van der Waals surface area contributed by atoms with Gasteiger partial charge in [0, 0.05) is 22.2 Å². The van der Waals surface area contributed by atoms with E-state index in [1.54, 1.807) is 0 Å². The molecule has 0 aromatic heterocycles. The molecule has 1 spiro atoms. The molecule has 2 bridgehead atoms. The zero-order valence-electron chi connectivity index (χ0n) is 41.6. The Bertz CT molecular complexity index is 2190. The van der Waals surface area contributed by atoms with Gasteiger partial charge in [-0.05, 0) is 81.0 Å². The van der Waals surface area contributed by atoms with Gasteiger partial charge in [0.05, 0.1) is 62.4 Å². The van der Waals surface area contributed by atoms with E-state index in [4.69, 9.17) is 33.2 Å². The number of hydrogen-bond acceptors (Lipinski definition) is 22. The van der Waals surface area contributed by atoms with Crippen molar-refractivity contribution in [1.29, 1.82) is 0 Å². The van der Waals surface area contributed by atoms with E-state index in [0.29, 0.717) is 38.5 Å². The van der Waals surface area contributed by atoms with Gasteiger partial charge in [-0.3, -0.25) is 9.35 Å². The number of aliphatic hydroxyl groups is 11. The molecule has 9 rings (SSSR count). The summed E-state index contributed by atoms with van der Waals surface area (Å²) in [6.45, 7) is 7.39. The molecule has 0 radical (unpaired) electrons. The summed E-state index contributed by atoms with van der Waals surface area (Å²) in [6, 6.07) is 0. The molecule has 418 valence electrons. The summed E-state index contributed by atoms with van der Waals surface area (Å²) in [5.74, 6) is -1.86. The normalized spacial score (nSPS) is 55.7. The first-order valence-electron chi connectivity index (χ1n) is 25.5. The van der Waals surface area contributed by atoms with Gasteiger partial charge in [-0.15, -0.1) is 0 Å². The summed E-state index contributed by atoms with van der Waals surface area (Å²) in [7, 11) is -5.25. The Hall–Kier alpha value is -1.64. The van der Waals surface area contributed by atoms with Crippen molar-refractivity contribution >= 4 is 16.4 Å². The van der Waals surface area contributed by atoms with Gasteiger partial charge in [0.1, 0.15) is 67.1 Å². The van der Waals surface area contributed by atoms with E-state index in [1.807, 2.05) is 6.92 Å². The third-order valence-corrected chi connectivity index (χ3v) is 21.1. The molecule has 5 aliphatic carbocycles. The van der Waals surface area contributed by atoms with E-state index in [9.17, 15) is 79.0 Å². The average Bonchev–Trinajstić information content (AvgIpc) is 3.63. The SMILES string of the molecule is C[C@@H]1O[C@H](O[C@@H]2CC[C@@]3(C)[C@@H](CC[C@]4(C)[C@@H]3C=C[C@]35OC[C@@]6(CC[C@@](CO)(C(=O)O)C[C@H]63)[C@@H](O)C[C@]54C)[C@@]2(C)CO)[C@@H](O[C@H]2O[C@@H](CO)[C@H](O)[C@@H](O)[C@@H]2O)[C@H](O[C@H]2O[C@@H](CO)[C@H](OS(=O)(=O)O)[C@@H](O)[C@@H]2O)[C@H]1O. The highest BCUT2D eigenvalue weighted by atomic mass is 32.3. The van der Waals surface area contributed by atoms with Crippen molar-refractivity contribution in [2.75, 3.05) is 33.0 Å². The summed E-state index contributed by atoms with van der Waals surface area (Å²) >= 11 is 0. The number of aliphatic hydroxyl groups excluding tert-OH is 11. The predicted molar refractivity (Wildman–Crippen MR) is 243 cm³/mol.